The minimum absolute atomic E-state index is 0.728. The van der Waals surface area contributed by atoms with Crippen molar-refractivity contribution in [1.82, 2.24) is 9.78 Å². The van der Waals surface area contributed by atoms with Crippen molar-refractivity contribution in [3.8, 4) is 0 Å². The van der Waals surface area contributed by atoms with Crippen LogP contribution in [0.2, 0.25) is 0 Å². The van der Waals surface area contributed by atoms with Crippen LogP contribution in [0.25, 0.3) is 0 Å². The summed E-state index contributed by atoms with van der Waals surface area (Å²) in [5, 5.41) is 4.53. The Morgan fingerprint density at radius 1 is 1.38 bits per heavy atom. The summed E-state index contributed by atoms with van der Waals surface area (Å²) in [6.07, 6.45) is 5.95. The molecule has 1 aliphatic carbocycles. The summed E-state index contributed by atoms with van der Waals surface area (Å²) in [5.41, 5.74) is 9.74. The van der Waals surface area contributed by atoms with E-state index in [1.807, 2.05) is 11.7 Å². The maximum Gasteiger partial charge on any atom is 0.0659 e. The van der Waals surface area contributed by atoms with Gasteiger partial charge in [-0.25, -0.2) is 0 Å². The Kier molecular flexibility index (Phi) is 2.36. The van der Waals surface area contributed by atoms with E-state index in [4.69, 9.17) is 5.73 Å². The van der Waals surface area contributed by atoms with Gasteiger partial charge in [0.05, 0.1) is 5.69 Å². The van der Waals surface area contributed by atoms with Gasteiger partial charge in [-0.15, -0.1) is 0 Å². The number of aromatic nitrogens is 2. The highest BCUT2D eigenvalue weighted by Crippen LogP contribution is 2.23. The van der Waals surface area contributed by atoms with E-state index in [1.54, 1.807) is 0 Å². The van der Waals surface area contributed by atoms with Gasteiger partial charge in [-0.2, -0.15) is 5.10 Å². The standard InChI is InChI=1S/C10H17N3/c1-13-10(6-7-11)8-4-2-3-5-9(8)12-13/h2-7,11H2,1H3. The molecule has 0 spiro atoms. The summed E-state index contributed by atoms with van der Waals surface area (Å²) in [5.74, 6) is 0. The summed E-state index contributed by atoms with van der Waals surface area (Å²) in [7, 11) is 2.03. The maximum absolute atomic E-state index is 5.58. The van der Waals surface area contributed by atoms with Crippen LogP contribution in [0.15, 0.2) is 0 Å². The number of hydrogen-bond acceptors (Lipinski definition) is 2. The second kappa shape index (κ2) is 3.50. The number of fused-ring (bicyclic) bond motifs is 1. The Balaban J connectivity index is 2.36. The highest BCUT2D eigenvalue weighted by molar-refractivity contribution is 5.28. The molecule has 0 saturated heterocycles. The van der Waals surface area contributed by atoms with Crippen LogP contribution in [0.1, 0.15) is 29.8 Å². The van der Waals surface area contributed by atoms with Crippen molar-refractivity contribution >= 4 is 0 Å². The fourth-order valence-corrected chi connectivity index (χ4v) is 2.20. The van der Waals surface area contributed by atoms with Crippen molar-refractivity contribution in [1.29, 1.82) is 0 Å². The molecule has 1 aromatic heterocycles. The molecule has 0 radical (unpaired) electrons. The molecule has 1 aliphatic rings. The molecule has 2 rings (SSSR count). The monoisotopic (exact) mass is 179 g/mol. The zero-order valence-corrected chi connectivity index (χ0v) is 8.21. The number of rotatable bonds is 2. The SMILES string of the molecule is Cn1nc2c(c1CCN)CCCC2. The first-order valence-corrected chi connectivity index (χ1v) is 5.06. The van der Waals surface area contributed by atoms with E-state index in [9.17, 15) is 0 Å². The molecule has 13 heavy (non-hydrogen) atoms. The summed E-state index contributed by atoms with van der Waals surface area (Å²) < 4.78 is 2.02. The molecule has 0 fully saturated rings. The van der Waals surface area contributed by atoms with Crippen LogP contribution >= 0.6 is 0 Å². The number of hydrogen-bond donors (Lipinski definition) is 1. The summed E-state index contributed by atoms with van der Waals surface area (Å²) in [6.45, 7) is 0.728. The van der Waals surface area contributed by atoms with Crippen LogP contribution in [0.5, 0.6) is 0 Å². The number of aryl methyl sites for hydroxylation is 2. The fraction of sp³-hybridized carbons (Fsp3) is 0.700. The first-order valence-electron chi connectivity index (χ1n) is 5.06. The lowest BCUT2D eigenvalue weighted by atomic mass is 9.95. The highest BCUT2D eigenvalue weighted by Gasteiger charge is 2.17. The van der Waals surface area contributed by atoms with E-state index in [1.165, 1.54) is 36.2 Å². The van der Waals surface area contributed by atoms with Crippen molar-refractivity contribution in [3.63, 3.8) is 0 Å². The molecule has 72 valence electrons. The summed E-state index contributed by atoms with van der Waals surface area (Å²) in [4.78, 5) is 0. The summed E-state index contributed by atoms with van der Waals surface area (Å²) >= 11 is 0. The van der Waals surface area contributed by atoms with Crippen molar-refractivity contribution < 1.29 is 0 Å². The normalized spacial score (nSPS) is 15.8. The Morgan fingerprint density at radius 3 is 2.92 bits per heavy atom. The minimum atomic E-state index is 0.728. The zero-order chi connectivity index (χ0) is 9.26. The van der Waals surface area contributed by atoms with E-state index in [0.717, 1.165) is 19.4 Å². The first-order chi connectivity index (χ1) is 6.33. The van der Waals surface area contributed by atoms with E-state index in [2.05, 4.69) is 5.10 Å². The minimum Gasteiger partial charge on any atom is -0.330 e. The van der Waals surface area contributed by atoms with Gasteiger partial charge in [0.1, 0.15) is 0 Å². The van der Waals surface area contributed by atoms with E-state index < -0.39 is 0 Å². The van der Waals surface area contributed by atoms with E-state index in [0.29, 0.717) is 0 Å². The smallest absolute Gasteiger partial charge is 0.0659 e. The van der Waals surface area contributed by atoms with Gasteiger partial charge >= 0.3 is 0 Å². The lowest BCUT2D eigenvalue weighted by Gasteiger charge is -2.10. The van der Waals surface area contributed by atoms with E-state index in [-0.39, 0.29) is 0 Å². The largest absolute Gasteiger partial charge is 0.330 e. The third kappa shape index (κ3) is 1.48. The molecule has 0 saturated carbocycles. The van der Waals surface area contributed by atoms with E-state index >= 15 is 0 Å². The molecule has 0 bridgehead atoms. The molecular weight excluding hydrogens is 162 g/mol. The molecule has 0 atom stereocenters. The van der Waals surface area contributed by atoms with Crippen LogP contribution in [-0.4, -0.2) is 16.3 Å². The van der Waals surface area contributed by atoms with Crippen LogP contribution in [0.4, 0.5) is 0 Å². The molecule has 0 unspecified atom stereocenters. The van der Waals surface area contributed by atoms with Crippen molar-refractivity contribution in [2.45, 2.75) is 32.1 Å². The first kappa shape index (κ1) is 8.75. The van der Waals surface area contributed by atoms with Gasteiger partial charge < -0.3 is 5.73 Å². The average Bonchev–Trinajstić information content (AvgIpc) is 2.44. The third-order valence-electron chi connectivity index (χ3n) is 2.83. The van der Waals surface area contributed by atoms with Crippen LogP contribution in [0, 0.1) is 0 Å². The van der Waals surface area contributed by atoms with Crippen molar-refractivity contribution in [3.05, 3.63) is 17.0 Å². The zero-order valence-electron chi connectivity index (χ0n) is 8.21. The van der Waals surface area contributed by atoms with Gasteiger partial charge in [0, 0.05) is 19.2 Å². The second-order valence-electron chi connectivity index (χ2n) is 3.74. The molecule has 0 aliphatic heterocycles. The quantitative estimate of drug-likeness (QED) is 0.729. The highest BCUT2D eigenvalue weighted by atomic mass is 15.3. The van der Waals surface area contributed by atoms with Crippen LogP contribution in [-0.2, 0) is 26.3 Å². The van der Waals surface area contributed by atoms with Crippen molar-refractivity contribution in [2.24, 2.45) is 12.8 Å². The number of nitrogens with two attached hydrogens (primary N) is 1. The van der Waals surface area contributed by atoms with Crippen LogP contribution < -0.4 is 5.73 Å². The fourth-order valence-electron chi connectivity index (χ4n) is 2.20. The van der Waals surface area contributed by atoms with Gasteiger partial charge in [-0.3, -0.25) is 4.68 Å². The molecule has 0 amide bonds. The van der Waals surface area contributed by atoms with Gasteiger partial charge in [-0.05, 0) is 37.8 Å². The predicted molar refractivity (Wildman–Crippen MR) is 52.6 cm³/mol. The molecule has 0 aromatic carbocycles. The van der Waals surface area contributed by atoms with Gasteiger partial charge in [0.15, 0.2) is 0 Å². The van der Waals surface area contributed by atoms with Crippen LogP contribution in [0.3, 0.4) is 0 Å². The molecular formula is C10H17N3. The lowest BCUT2D eigenvalue weighted by Crippen LogP contribution is -2.09. The predicted octanol–water partition coefficient (Wildman–Crippen LogP) is 0.800. The maximum atomic E-state index is 5.58. The lowest BCUT2D eigenvalue weighted by molar-refractivity contribution is 0.663. The Labute approximate surface area is 78.9 Å². The van der Waals surface area contributed by atoms with Gasteiger partial charge in [0.25, 0.3) is 0 Å². The molecule has 2 N–H and O–H groups in total. The molecule has 1 heterocycles. The Morgan fingerprint density at radius 2 is 2.15 bits per heavy atom. The average molecular weight is 179 g/mol. The molecule has 1 aromatic rings. The van der Waals surface area contributed by atoms with Gasteiger partial charge in [-0.1, -0.05) is 0 Å². The van der Waals surface area contributed by atoms with Gasteiger partial charge in [0.2, 0.25) is 0 Å². The topological polar surface area (TPSA) is 43.8 Å². The summed E-state index contributed by atoms with van der Waals surface area (Å²) in [6, 6.07) is 0. The third-order valence-corrected chi connectivity index (χ3v) is 2.83. The second-order valence-corrected chi connectivity index (χ2v) is 3.74. The number of nitrogens with zero attached hydrogens (tertiary/aromatic N) is 2. The van der Waals surface area contributed by atoms with Crippen molar-refractivity contribution in [2.75, 3.05) is 6.54 Å². The molecule has 3 nitrogen and oxygen atoms in total. The Bertz CT molecular complexity index is 301. The molecule has 3 heteroatoms. The Hall–Kier alpha value is -0.830.